The van der Waals surface area contributed by atoms with Crippen LogP contribution in [-0.4, -0.2) is 17.5 Å². The lowest BCUT2D eigenvalue weighted by molar-refractivity contribution is -0.255. The number of carboxylic acids is 1. The average molecular weight is 306 g/mol. The lowest BCUT2D eigenvalue weighted by atomic mass is 9.88. The summed E-state index contributed by atoms with van der Waals surface area (Å²) in [7, 11) is 0. The van der Waals surface area contributed by atoms with Crippen LogP contribution in [0.5, 0.6) is 0 Å². The number of aromatic carboxylic acids is 1. The number of carbonyl (C=O) groups is 3. The monoisotopic (exact) mass is 306 g/mol. The number of hydrogen-bond donors (Lipinski definition) is 1. The predicted molar refractivity (Wildman–Crippen MR) is 82.2 cm³/mol. The number of nitrogens with one attached hydrogen (secondary N) is 1. The number of Topliss-reactive ketones (excluding diaryl/α,β-unsaturated/α-hetero) is 2. The van der Waals surface area contributed by atoms with Gasteiger partial charge in [-0.25, -0.2) is 0 Å². The molecule has 23 heavy (non-hydrogen) atoms. The Morgan fingerprint density at radius 1 is 0.913 bits per heavy atom. The SMILES string of the molecule is CC1=C(Nc2ccc(C(=O)[O-])cc2)C(=O)c2ccccc2C1=O. The standard InChI is InChI=1S/C18H13NO4/c1-10-15(19-12-8-6-11(7-9-12)18(22)23)17(21)14-5-3-2-4-13(14)16(10)20/h2-9,19H,1H3,(H,22,23)/p-1. The van der Waals surface area contributed by atoms with Gasteiger partial charge in [-0.3, -0.25) is 9.59 Å². The van der Waals surface area contributed by atoms with Crippen LogP contribution in [-0.2, 0) is 0 Å². The van der Waals surface area contributed by atoms with Crippen LogP contribution in [0.25, 0.3) is 0 Å². The number of rotatable bonds is 3. The first-order valence-electron chi connectivity index (χ1n) is 6.97. The maximum atomic E-state index is 12.6. The molecule has 0 saturated carbocycles. The third-order valence-corrected chi connectivity index (χ3v) is 3.75. The summed E-state index contributed by atoms with van der Waals surface area (Å²) in [6.07, 6.45) is 0. The Bertz CT molecular complexity index is 863. The van der Waals surface area contributed by atoms with Gasteiger partial charge < -0.3 is 15.2 Å². The van der Waals surface area contributed by atoms with Crippen molar-refractivity contribution in [2.24, 2.45) is 0 Å². The van der Waals surface area contributed by atoms with Crippen LogP contribution in [0.2, 0.25) is 0 Å². The van der Waals surface area contributed by atoms with Gasteiger partial charge in [0.2, 0.25) is 5.78 Å². The first-order valence-corrected chi connectivity index (χ1v) is 6.97. The van der Waals surface area contributed by atoms with Gasteiger partial charge in [-0.1, -0.05) is 36.4 Å². The molecule has 0 atom stereocenters. The number of allylic oxidation sites excluding steroid dienone is 2. The van der Waals surface area contributed by atoms with Gasteiger partial charge in [-0.05, 0) is 24.6 Å². The van der Waals surface area contributed by atoms with E-state index in [-0.39, 0.29) is 22.8 Å². The molecular weight excluding hydrogens is 294 g/mol. The highest BCUT2D eigenvalue weighted by atomic mass is 16.4. The van der Waals surface area contributed by atoms with E-state index in [9.17, 15) is 19.5 Å². The molecule has 3 rings (SSSR count). The number of anilines is 1. The van der Waals surface area contributed by atoms with Crippen molar-refractivity contribution in [2.75, 3.05) is 5.32 Å². The van der Waals surface area contributed by atoms with Gasteiger partial charge in [0.15, 0.2) is 5.78 Å². The minimum atomic E-state index is -1.27. The Balaban J connectivity index is 1.96. The fourth-order valence-electron chi connectivity index (χ4n) is 2.48. The molecule has 0 fully saturated rings. The van der Waals surface area contributed by atoms with Crippen molar-refractivity contribution in [3.05, 3.63) is 76.5 Å². The van der Waals surface area contributed by atoms with Crippen molar-refractivity contribution in [2.45, 2.75) is 6.92 Å². The smallest absolute Gasteiger partial charge is 0.210 e. The summed E-state index contributed by atoms with van der Waals surface area (Å²) in [4.78, 5) is 35.7. The molecule has 0 bridgehead atoms. The summed E-state index contributed by atoms with van der Waals surface area (Å²) in [6, 6.07) is 12.4. The number of benzene rings is 2. The molecule has 0 aliphatic heterocycles. The van der Waals surface area contributed by atoms with Gasteiger partial charge >= 0.3 is 0 Å². The molecule has 0 saturated heterocycles. The second-order valence-corrected chi connectivity index (χ2v) is 5.19. The number of ketones is 2. The molecule has 2 aromatic rings. The van der Waals surface area contributed by atoms with E-state index in [1.54, 1.807) is 31.2 Å². The van der Waals surface area contributed by atoms with Crippen LogP contribution in [0.1, 0.15) is 38.0 Å². The first kappa shape index (κ1) is 14.7. The molecular formula is C18H12NO4-. The Kier molecular flexibility index (Phi) is 3.54. The summed E-state index contributed by atoms with van der Waals surface area (Å²) in [5.41, 5.74) is 1.85. The zero-order valence-electron chi connectivity index (χ0n) is 12.3. The highest BCUT2D eigenvalue weighted by Gasteiger charge is 2.29. The van der Waals surface area contributed by atoms with Crippen LogP contribution < -0.4 is 10.4 Å². The Hall–Kier alpha value is -3.21. The van der Waals surface area contributed by atoms with E-state index in [1.165, 1.54) is 24.3 Å². The molecule has 1 aliphatic carbocycles. The molecule has 114 valence electrons. The molecule has 2 aromatic carbocycles. The average Bonchev–Trinajstić information content (AvgIpc) is 2.57. The van der Waals surface area contributed by atoms with E-state index in [4.69, 9.17) is 0 Å². The van der Waals surface area contributed by atoms with Crippen LogP contribution in [0, 0.1) is 0 Å². The normalized spacial score (nSPS) is 13.8. The molecule has 0 aromatic heterocycles. The number of carbonyl (C=O) groups excluding carboxylic acids is 3. The van der Waals surface area contributed by atoms with E-state index in [2.05, 4.69) is 5.32 Å². The molecule has 5 heteroatoms. The van der Waals surface area contributed by atoms with Crippen LogP contribution in [0.3, 0.4) is 0 Å². The Morgan fingerprint density at radius 3 is 2.04 bits per heavy atom. The molecule has 0 amide bonds. The van der Waals surface area contributed by atoms with Gasteiger partial charge in [0.1, 0.15) is 0 Å². The highest BCUT2D eigenvalue weighted by Crippen LogP contribution is 2.27. The Morgan fingerprint density at radius 2 is 1.48 bits per heavy atom. The van der Waals surface area contributed by atoms with Gasteiger partial charge in [0.25, 0.3) is 0 Å². The largest absolute Gasteiger partial charge is 0.545 e. The van der Waals surface area contributed by atoms with Crippen LogP contribution >= 0.6 is 0 Å². The number of carboxylic acid groups (broad SMARTS) is 1. The van der Waals surface area contributed by atoms with E-state index in [0.29, 0.717) is 22.4 Å². The van der Waals surface area contributed by atoms with E-state index in [0.717, 1.165) is 0 Å². The highest BCUT2D eigenvalue weighted by molar-refractivity contribution is 6.27. The second kappa shape index (κ2) is 5.53. The quantitative estimate of drug-likeness (QED) is 0.934. The molecule has 1 aliphatic rings. The van der Waals surface area contributed by atoms with Gasteiger partial charge in [0.05, 0.1) is 11.7 Å². The van der Waals surface area contributed by atoms with Gasteiger partial charge in [-0.2, -0.15) is 0 Å². The molecule has 5 nitrogen and oxygen atoms in total. The topological polar surface area (TPSA) is 86.3 Å². The second-order valence-electron chi connectivity index (χ2n) is 5.19. The lowest BCUT2D eigenvalue weighted by Crippen LogP contribution is -2.25. The van der Waals surface area contributed by atoms with E-state index in [1.807, 2.05) is 0 Å². The Labute approximate surface area is 132 Å². The maximum Gasteiger partial charge on any atom is 0.210 e. The lowest BCUT2D eigenvalue weighted by Gasteiger charge is -2.20. The fraction of sp³-hybridized carbons (Fsp3) is 0.0556. The third-order valence-electron chi connectivity index (χ3n) is 3.75. The van der Waals surface area contributed by atoms with Crippen molar-refractivity contribution in [1.29, 1.82) is 0 Å². The summed E-state index contributed by atoms with van der Waals surface area (Å²) in [5.74, 6) is -1.74. The molecule has 0 radical (unpaired) electrons. The van der Waals surface area contributed by atoms with Crippen LogP contribution in [0.15, 0.2) is 59.8 Å². The molecule has 0 unspecified atom stereocenters. The summed E-state index contributed by atoms with van der Waals surface area (Å²) >= 11 is 0. The van der Waals surface area contributed by atoms with Crippen molar-refractivity contribution in [1.82, 2.24) is 0 Å². The minimum Gasteiger partial charge on any atom is -0.545 e. The zero-order valence-corrected chi connectivity index (χ0v) is 12.3. The van der Waals surface area contributed by atoms with Crippen molar-refractivity contribution < 1.29 is 19.5 Å². The predicted octanol–water partition coefficient (Wildman–Crippen LogP) is 1.82. The third kappa shape index (κ3) is 2.53. The summed E-state index contributed by atoms with van der Waals surface area (Å²) in [6.45, 7) is 1.59. The molecule has 0 heterocycles. The first-order chi connectivity index (χ1) is 11.0. The molecule has 0 spiro atoms. The summed E-state index contributed by atoms with van der Waals surface area (Å²) < 4.78 is 0. The minimum absolute atomic E-state index is 0.0395. The summed E-state index contributed by atoms with van der Waals surface area (Å²) in [5, 5.41) is 13.7. The number of hydrogen-bond acceptors (Lipinski definition) is 5. The van der Waals surface area contributed by atoms with Crippen molar-refractivity contribution in [3.8, 4) is 0 Å². The van der Waals surface area contributed by atoms with Crippen LogP contribution in [0.4, 0.5) is 5.69 Å². The maximum absolute atomic E-state index is 12.6. The number of fused-ring (bicyclic) bond motifs is 1. The van der Waals surface area contributed by atoms with E-state index >= 15 is 0 Å². The fourth-order valence-corrected chi connectivity index (χ4v) is 2.48. The van der Waals surface area contributed by atoms with Gasteiger partial charge in [0, 0.05) is 22.4 Å². The molecule has 1 N–H and O–H groups in total. The van der Waals surface area contributed by atoms with Crippen molar-refractivity contribution in [3.63, 3.8) is 0 Å². The van der Waals surface area contributed by atoms with E-state index < -0.39 is 5.97 Å². The van der Waals surface area contributed by atoms with Gasteiger partial charge in [-0.15, -0.1) is 0 Å². The zero-order chi connectivity index (χ0) is 16.6. The van der Waals surface area contributed by atoms with Crippen molar-refractivity contribution >= 4 is 23.2 Å².